The number of nitrogens with two attached hydrogens (primary N) is 1. The molecule has 1 atom stereocenters. The Labute approximate surface area is 121 Å². The van der Waals surface area contributed by atoms with Crippen molar-refractivity contribution in [1.29, 1.82) is 0 Å². The molecule has 2 N–H and O–H groups in total. The zero-order chi connectivity index (χ0) is 13.7. The second-order valence-corrected chi connectivity index (χ2v) is 5.78. The minimum absolute atomic E-state index is 0.375. The van der Waals surface area contributed by atoms with Crippen LogP contribution < -0.4 is 10.6 Å². The highest BCUT2D eigenvalue weighted by Crippen LogP contribution is 2.25. The van der Waals surface area contributed by atoms with Crippen molar-refractivity contribution in [3.63, 3.8) is 0 Å². The molecule has 0 spiro atoms. The van der Waals surface area contributed by atoms with Crippen LogP contribution in [0.15, 0.2) is 18.3 Å². The summed E-state index contributed by atoms with van der Waals surface area (Å²) in [4.78, 5) is 7.03. The molecule has 2 heterocycles. The molecule has 1 unspecified atom stereocenters. The molecule has 1 aliphatic heterocycles. The van der Waals surface area contributed by atoms with Crippen LogP contribution >= 0.6 is 12.2 Å². The van der Waals surface area contributed by atoms with E-state index in [0.29, 0.717) is 4.99 Å². The molecule has 19 heavy (non-hydrogen) atoms. The maximum Gasteiger partial charge on any atom is 0.122 e. The number of rotatable bonds is 4. The van der Waals surface area contributed by atoms with Crippen LogP contribution in [0.1, 0.15) is 44.7 Å². The van der Waals surface area contributed by atoms with Gasteiger partial charge in [-0.3, -0.25) is 4.98 Å². The van der Waals surface area contributed by atoms with Crippen LogP contribution in [0.5, 0.6) is 0 Å². The van der Waals surface area contributed by atoms with Crippen LogP contribution in [0.25, 0.3) is 0 Å². The molecule has 0 bridgehead atoms. The molecule has 1 aromatic rings. The summed E-state index contributed by atoms with van der Waals surface area (Å²) in [6.07, 6.45) is 8.39. The van der Waals surface area contributed by atoms with Crippen molar-refractivity contribution in [2.75, 3.05) is 18.0 Å². The Morgan fingerprint density at radius 3 is 3.05 bits per heavy atom. The molecule has 1 fully saturated rings. The summed E-state index contributed by atoms with van der Waals surface area (Å²) in [7, 11) is 0. The number of hydrogen-bond acceptors (Lipinski definition) is 3. The summed E-state index contributed by atoms with van der Waals surface area (Å²) in [5, 5.41) is 0. The van der Waals surface area contributed by atoms with Crippen molar-refractivity contribution in [1.82, 2.24) is 4.98 Å². The van der Waals surface area contributed by atoms with E-state index in [2.05, 4.69) is 22.9 Å². The summed E-state index contributed by atoms with van der Waals surface area (Å²) in [6.45, 7) is 4.53. The minimum atomic E-state index is 0.375. The average molecular weight is 277 g/mol. The van der Waals surface area contributed by atoms with Crippen molar-refractivity contribution in [2.45, 2.75) is 39.0 Å². The quantitative estimate of drug-likeness (QED) is 0.859. The van der Waals surface area contributed by atoms with Crippen molar-refractivity contribution in [3.05, 3.63) is 24.0 Å². The third-order valence-corrected chi connectivity index (χ3v) is 4.11. The molecule has 0 amide bonds. The number of thiocarbonyl (C=S) groups is 1. The van der Waals surface area contributed by atoms with Crippen LogP contribution in [-0.2, 0) is 0 Å². The van der Waals surface area contributed by atoms with Gasteiger partial charge in [0.05, 0.1) is 5.69 Å². The number of pyridine rings is 1. The normalized spacial score (nSPS) is 20.1. The maximum absolute atomic E-state index is 5.66. The first-order chi connectivity index (χ1) is 9.20. The molecule has 1 aliphatic rings. The van der Waals surface area contributed by atoms with Crippen molar-refractivity contribution >= 4 is 22.9 Å². The van der Waals surface area contributed by atoms with Gasteiger partial charge in [-0.1, -0.05) is 32.0 Å². The lowest BCUT2D eigenvalue weighted by Gasteiger charge is -2.23. The highest BCUT2D eigenvalue weighted by atomic mass is 32.1. The first-order valence-electron chi connectivity index (χ1n) is 7.21. The summed E-state index contributed by atoms with van der Waals surface area (Å²) >= 11 is 5.00. The fourth-order valence-electron chi connectivity index (χ4n) is 2.87. The van der Waals surface area contributed by atoms with E-state index in [-0.39, 0.29) is 0 Å². The van der Waals surface area contributed by atoms with Crippen LogP contribution in [0.3, 0.4) is 0 Å². The molecule has 0 radical (unpaired) electrons. The lowest BCUT2D eigenvalue weighted by Crippen LogP contribution is -2.25. The van der Waals surface area contributed by atoms with Crippen LogP contribution in [0.4, 0.5) is 5.69 Å². The smallest absolute Gasteiger partial charge is 0.122 e. The van der Waals surface area contributed by atoms with E-state index in [1.54, 1.807) is 6.20 Å². The van der Waals surface area contributed by atoms with Gasteiger partial charge >= 0.3 is 0 Å². The Morgan fingerprint density at radius 1 is 1.47 bits per heavy atom. The summed E-state index contributed by atoms with van der Waals surface area (Å²) in [6, 6.07) is 4.07. The van der Waals surface area contributed by atoms with Gasteiger partial charge in [0.25, 0.3) is 0 Å². The third-order valence-electron chi connectivity index (χ3n) is 3.91. The largest absolute Gasteiger partial charge is 0.388 e. The molecular weight excluding hydrogens is 254 g/mol. The first kappa shape index (κ1) is 14.3. The van der Waals surface area contributed by atoms with Gasteiger partial charge in [-0.25, -0.2) is 0 Å². The van der Waals surface area contributed by atoms with Gasteiger partial charge in [0.1, 0.15) is 4.99 Å². The number of nitrogens with zero attached hydrogens (tertiary/aromatic N) is 2. The molecule has 0 saturated carbocycles. The van der Waals surface area contributed by atoms with E-state index in [4.69, 9.17) is 18.0 Å². The Morgan fingerprint density at radius 2 is 2.32 bits per heavy atom. The van der Waals surface area contributed by atoms with E-state index < -0.39 is 0 Å². The Kier molecular flexibility index (Phi) is 5.14. The molecule has 1 saturated heterocycles. The lowest BCUT2D eigenvalue weighted by atomic mass is 9.96. The van der Waals surface area contributed by atoms with Gasteiger partial charge in [0, 0.05) is 25.0 Å². The molecule has 0 aliphatic carbocycles. The number of aromatic nitrogens is 1. The Bertz CT molecular complexity index is 433. The lowest BCUT2D eigenvalue weighted by molar-refractivity contribution is 0.435. The summed E-state index contributed by atoms with van der Waals surface area (Å²) in [5.41, 5.74) is 7.58. The fraction of sp³-hybridized carbons (Fsp3) is 0.600. The zero-order valence-electron chi connectivity index (χ0n) is 11.6. The van der Waals surface area contributed by atoms with Gasteiger partial charge in [-0.2, -0.15) is 0 Å². The van der Waals surface area contributed by atoms with Gasteiger partial charge in [0.15, 0.2) is 0 Å². The Balaban J connectivity index is 2.05. The second kappa shape index (κ2) is 6.85. The SMILES string of the molecule is CCCC1CCCN(c2ccnc(C(N)=S)c2)CC1. The first-order valence-corrected chi connectivity index (χ1v) is 7.62. The van der Waals surface area contributed by atoms with Gasteiger partial charge in [-0.15, -0.1) is 0 Å². The van der Waals surface area contributed by atoms with Crippen molar-refractivity contribution in [3.8, 4) is 0 Å². The predicted molar refractivity (Wildman–Crippen MR) is 84.6 cm³/mol. The molecular formula is C15H23N3S. The maximum atomic E-state index is 5.66. The van der Waals surface area contributed by atoms with Crippen LogP contribution in [0, 0.1) is 5.92 Å². The van der Waals surface area contributed by atoms with Crippen molar-refractivity contribution in [2.24, 2.45) is 11.7 Å². The highest BCUT2D eigenvalue weighted by Gasteiger charge is 2.17. The molecule has 3 nitrogen and oxygen atoms in total. The van der Waals surface area contributed by atoms with E-state index in [0.717, 1.165) is 24.7 Å². The minimum Gasteiger partial charge on any atom is -0.388 e. The van der Waals surface area contributed by atoms with Crippen molar-refractivity contribution < 1.29 is 0 Å². The summed E-state index contributed by atoms with van der Waals surface area (Å²) in [5.74, 6) is 0.895. The standard InChI is InChI=1S/C15H23N3S/c1-2-4-12-5-3-9-18(10-7-12)13-6-8-17-14(11-13)15(16)19/h6,8,11-12H,2-5,7,9-10H2,1H3,(H2,16,19). The molecule has 1 aromatic heterocycles. The van der Waals surface area contributed by atoms with Gasteiger partial charge in [-0.05, 0) is 37.3 Å². The van der Waals surface area contributed by atoms with E-state index in [9.17, 15) is 0 Å². The molecule has 4 heteroatoms. The van der Waals surface area contributed by atoms with E-state index in [1.807, 2.05) is 6.07 Å². The fourth-order valence-corrected chi connectivity index (χ4v) is 2.98. The second-order valence-electron chi connectivity index (χ2n) is 5.34. The monoisotopic (exact) mass is 277 g/mol. The average Bonchev–Trinajstić information content (AvgIpc) is 2.65. The van der Waals surface area contributed by atoms with Crippen LogP contribution in [-0.4, -0.2) is 23.1 Å². The zero-order valence-corrected chi connectivity index (χ0v) is 12.5. The number of hydrogen-bond donors (Lipinski definition) is 1. The number of anilines is 1. The predicted octanol–water partition coefficient (Wildman–Crippen LogP) is 3.12. The molecule has 104 valence electrons. The van der Waals surface area contributed by atoms with Crippen LogP contribution in [0.2, 0.25) is 0 Å². The topological polar surface area (TPSA) is 42.2 Å². The molecule has 0 aromatic carbocycles. The third kappa shape index (κ3) is 3.90. The Hall–Kier alpha value is -1.16. The molecule has 2 rings (SSSR count). The highest BCUT2D eigenvalue weighted by molar-refractivity contribution is 7.80. The van der Waals surface area contributed by atoms with Gasteiger partial charge < -0.3 is 10.6 Å². The van der Waals surface area contributed by atoms with E-state index in [1.165, 1.54) is 37.8 Å². The van der Waals surface area contributed by atoms with Gasteiger partial charge in [0.2, 0.25) is 0 Å². The summed E-state index contributed by atoms with van der Waals surface area (Å²) < 4.78 is 0. The van der Waals surface area contributed by atoms with E-state index >= 15 is 0 Å².